The topological polar surface area (TPSA) is 47.0 Å². The number of aromatic nitrogens is 1. The van der Waals surface area contributed by atoms with Crippen molar-refractivity contribution in [2.24, 2.45) is 0 Å². The van der Waals surface area contributed by atoms with E-state index in [-0.39, 0.29) is 10.6 Å². The number of nitro benzene ring substituents is 1. The van der Waals surface area contributed by atoms with Gasteiger partial charge < -0.3 is 0 Å². The van der Waals surface area contributed by atoms with Crippen LogP contribution >= 0.6 is 0 Å². The summed E-state index contributed by atoms with van der Waals surface area (Å²) in [4.78, 5) is 10.2. The van der Waals surface area contributed by atoms with E-state index in [0.29, 0.717) is 0 Å². The molecule has 0 unspecified atom stereocenters. The lowest BCUT2D eigenvalue weighted by Crippen LogP contribution is -2.32. The highest BCUT2D eigenvalue weighted by molar-refractivity contribution is 5.69. The molecule has 0 amide bonds. The van der Waals surface area contributed by atoms with Gasteiger partial charge in [0.05, 0.1) is 4.92 Å². The third-order valence-electron chi connectivity index (χ3n) is 3.51. The number of pyridine rings is 1. The molecule has 0 saturated carbocycles. The average molecular weight is 297 g/mol. The molecule has 0 N–H and O–H groups in total. The van der Waals surface area contributed by atoms with Crippen LogP contribution < -0.4 is 4.57 Å². The van der Waals surface area contributed by atoms with E-state index in [4.69, 9.17) is 0 Å². The van der Waals surface area contributed by atoms with E-state index in [9.17, 15) is 10.1 Å². The molecular formula is C18H21N2O2+. The molecule has 1 aromatic carbocycles. The summed E-state index contributed by atoms with van der Waals surface area (Å²) >= 11 is 0. The van der Waals surface area contributed by atoms with Gasteiger partial charge in [-0.1, -0.05) is 25.5 Å². The van der Waals surface area contributed by atoms with Crippen molar-refractivity contribution < 1.29 is 9.49 Å². The Bertz CT molecular complexity index is 631. The molecule has 0 spiro atoms. The van der Waals surface area contributed by atoms with Gasteiger partial charge in [-0.3, -0.25) is 10.1 Å². The van der Waals surface area contributed by atoms with Gasteiger partial charge in [0.1, 0.15) is 6.54 Å². The summed E-state index contributed by atoms with van der Waals surface area (Å²) in [6.07, 6.45) is 11.8. The highest BCUT2D eigenvalue weighted by Gasteiger charge is 2.02. The maximum absolute atomic E-state index is 10.6. The summed E-state index contributed by atoms with van der Waals surface area (Å²) in [7, 11) is 0. The second-order valence-corrected chi connectivity index (χ2v) is 5.26. The lowest BCUT2D eigenvalue weighted by Gasteiger charge is -1.97. The zero-order valence-corrected chi connectivity index (χ0v) is 12.8. The van der Waals surface area contributed by atoms with Crippen molar-refractivity contribution in [1.82, 2.24) is 0 Å². The Morgan fingerprint density at radius 1 is 1.00 bits per heavy atom. The van der Waals surface area contributed by atoms with Crippen molar-refractivity contribution in [1.29, 1.82) is 0 Å². The number of rotatable bonds is 7. The minimum Gasteiger partial charge on any atom is -0.258 e. The minimum atomic E-state index is -0.387. The van der Waals surface area contributed by atoms with Gasteiger partial charge in [-0.15, -0.1) is 0 Å². The largest absolute Gasteiger partial charge is 0.269 e. The summed E-state index contributed by atoms with van der Waals surface area (Å²) in [5.41, 5.74) is 2.18. The van der Waals surface area contributed by atoms with Gasteiger partial charge in [0.25, 0.3) is 5.69 Å². The summed E-state index contributed by atoms with van der Waals surface area (Å²) < 4.78 is 2.19. The molecule has 4 nitrogen and oxygen atoms in total. The van der Waals surface area contributed by atoms with E-state index in [0.717, 1.165) is 17.7 Å². The summed E-state index contributed by atoms with van der Waals surface area (Å²) in [5.74, 6) is 0. The third kappa shape index (κ3) is 4.81. The number of hydrogen-bond donors (Lipinski definition) is 0. The molecule has 114 valence electrons. The minimum absolute atomic E-state index is 0.116. The Hall–Kier alpha value is -2.49. The molecule has 0 fully saturated rings. The molecule has 22 heavy (non-hydrogen) atoms. The molecule has 0 radical (unpaired) electrons. The highest BCUT2D eigenvalue weighted by atomic mass is 16.6. The van der Waals surface area contributed by atoms with Crippen LogP contribution in [0.15, 0.2) is 48.8 Å². The van der Waals surface area contributed by atoms with Gasteiger partial charge >= 0.3 is 0 Å². The van der Waals surface area contributed by atoms with Crippen molar-refractivity contribution in [3.8, 4) is 0 Å². The molecule has 1 heterocycles. The van der Waals surface area contributed by atoms with Crippen molar-refractivity contribution in [3.05, 3.63) is 70.0 Å². The molecule has 1 aromatic heterocycles. The van der Waals surface area contributed by atoms with Crippen molar-refractivity contribution in [3.63, 3.8) is 0 Å². The van der Waals surface area contributed by atoms with E-state index >= 15 is 0 Å². The van der Waals surface area contributed by atoms with E-state index in [2.05, 4.69) is 36.0 Å². The van der Waals surface area contributed by atoms with E-state index in [1.807, 2.05) is 12.2 Å². The Morgan fingerprint density at radius 3 is 2.14 bits per heavy atom. The Kier molecular flexibility index (Phi) is 5.83. The van der Waals surface area contributed by atoms with Crippen LogP contribution in [0, 0.1) is 10.1 Å². The highest BCUT2D eigenvalue weighted by Crippen LogP contribution is 2.14. The summed E-state index contributed by atoms with van der Waals surface area (Å²) in [5, 5.41) is 10.6. The molecule has 0 aliphatic rings. The fourth-order valence-electron chi connectivity index (χ4n) is 2.17. The molecule has 0 aliphatic heterocycles. The first kappa shape index (κ1) is 15.9. The van der Waals surface area contributed by atoms with E-state index in [1.54, 1.807) is 12.1 Å². The van der Waals surface area contributed by atoms with Crippen LogP contribution in [0.3, 0.4) is 0 Å². The number of hydrogen-bond acceptors (Lipinski definition) is 2. The lowest BCUT2D eigenvalue weighted by molar-refractivity contribution is -0.697. The molecule has 2 rings (SSSR count). The van der Waals surface area contributed by atoms with Gasteiger partial charge in [-0.25, -0.2) is 4.57 Å². The van der Waals surface area contributed by atoms with Gasteiger partial charge in [0, 0.05) is 30.7 Å². The van der Waals surface area contributed by atoms with Gasteiger partial charge in [0.2, 0.25) is 0 Å². The van der Waals surface area contributed by atoms with Gasteiger partial charge in [-0.05, 0) is 29.7 Å². The standard InChI is InChI=1S/C18H21N2O2/c1-2-3-4-13-19-14-11-17(12-15-19)6-5-16-7-9-18(10-8-16)20(21)22/h5-12,14-15H,2-4,13H2,1H3/q+1/b6-5+. The Balaban J connectivity index is 1.96. The first-order valence-electron chi connectivity index (χ1n) is 7.60. The monoisotopic (exact) mass is 297 g/mol. The Morgan fingerprint density at radius 2 is 1.59 bits per heavy atom. The Labute approximate surface area is 130 Å². The van der Waals surface area contributed by atoms with Crippen molar-refractivity contribution in [2.45, 2.75) is 32.7 Å². The summed E-state index contributed by atoms with van der Waals surface area (Å²) in [6.45, 7) is 3.26. The number of nitro groups is 1. The lowest BCUT2D eigenvalue weighted by atomic mass is 10.1. The number of unbranched alkanes of at least 4 members (excludes halogenated alkanes) is 2. The molecule has 2 aromatic rings. The maximum atomic E-state index is 10.6. The van der Waals surface area contributed by atoms with E-state index < -0.39 is 0 Å². The van der Waals surface area contributed by atoms with Crippen LogP contribution in [-0.2, 0) is 6.54 Å². The maximum Gasteiger partial charge on any atom is 0.269 e. The fraction of sp³-hybridized carbons (Fsp3) is 0.278. The number of nitrogens with zero attached hydrogens (tertiary/aromatic N) is 2. The second-order valence-electron chi connectivity index (χ2n) is 5.26. The van der Waals surface area contributed by atoms with Crippen LogP contribution in [0.5, 0.6) is 0 Å². The van der Waals surface area contributed by atoms with Crippen LogP contribution in [-0.4, -0.2) is 4.92 Å². The van der Waals surface area contributed by atoms with E-state index in [1.165, 1.54) is 31.4 Å². The zero-order valence-electron chi connectivity index (χ0n) is 12.8. The second kappa shape index (κ2) is 8.08. The van der Waals surface area contributed by atoms with Gasteiger partial charge in [0.15, 0.2) is 12.4 Å². The normalized spacial score (nSPS) is 11.0. The first-order valence-corrected chi connectivity index (χ1v) is 7.60. The molecule has 0 atom stereocenters. The SMILES string of the molecule is CCCCC[n+]1ccc(/C=C/c2ccc([N+](=O)[O-])cc2)cc1. The van der Waals surface area contributed by atoms with Crippen molar-refractivity contribution in [2.75, 3.05) is 0 Å². The molecule has 0 aliphatic carbocycles. The van der Waals surface area contributed by atoms with Crippen LogP contribution in [0.4, 0.5) is 5.69 Å². The zero-order chi connectivity index (χ0) is 15.8. The molecule has 4 heteroatoms. The number of non-ortho nitro benzene ring substituents is 1. The first-order chi connectivity index (χ1) is 10.7. The van der Waals surface area contributed by atoms with Crippen LogP contribution in [0.25, 0.3) is 12.2 Å². The summed E-state index contributed by atoms with van der Waals surface area (Å²) in [6, 6.07) is 10.7. The van der Waals surface area contributed by atoms with Crippen LogP contribution in [0.2, 0.25) is 0 Å². The quantitative estimate of drug-likeness (QED) is 0.332. The third-order valence-corrected chi connectivity index (χ3v) is 3.51. The number of aryl methyl sites for hydroxylation is 1. The molecular weight excluding hydrogens is 276 g/mol. The molecule has 0 saturated heterocycles. The number of benzene rings is 1. The van der Waals surface area contributed by atoms with Crippen LogP contribution in [0.1, 0.15) is 37.3 Å². The molecule has 0 bridgehead atoms. The van der Waals surface area contributed by atoms with Crippen molar-refractivity contribution >= 4 is 17.8 Å². The fourth-order valence-corrected chi connectivity index (χ4v) is 2.17. The smallest absolute Gasteiger partial charge is 0.258 e. The average Bonchev–Trinajstić information content (AvgIpc) is 2.55. The van der Waals surface area contributed by atoms with Gasteiger partial charge in [-0.2, -0.15) is 0 Å². The predicted molar refractivity (Wildman–Crippen MR) is 88.2 cm³/mol. The predicted octanol–water partition coefficient (Wildman–Crippen LogP) is 4.24.